The normalized spacial score (nSPS) is 16.3. The maximum atomic E-state index is 12.6. The molecule has 126 valence electrons. The minimum atomic E-state index is -0.0260. The monoisotopic (exact) mass is 341 g/mol. The van der Waals surface area contributed by atoms with E-state index in [1.165, 1.54) is 41.7 Å². The van der Waals surface area contributed by atoms with Crippen molar-refractivity contribution >= 4 is 17.2 Å². The zero-order valence-electron chi connectivity index (χ0n) is 14.1. The highest BCUT2D eigenvalue weighted by atomic mass is 32.1. The second-order valence-corrected chi connectivity index (χ2v) is 7.67. The molecule has 4 rings (SSSR count). The van der Waals surface area contributed by atoms with Crippen molar-refractivity contribution < 1.29 is 4.79 Å². The summed E-state index contributed by atoms with van der Waals surface area (Å²) in [4.78, 5) is 14.0. The smallest absolute Gasteiger partial charge is 0.272 e. The predicted molar refractivity (Wildman–Crippen MR) is 97.4 cm³/mol. The molecule has 4 nitrogen and oxygen atoms in total. The van der Waals surface area contributed by atoms with E-state index < -0.39 is 0 Å². The maximum Gasteiger partial charge on any atom is 0.272 e. The highest BCUT2D eigenvalue weighted by Crippen LogP contribution is 2.37. The summed E-state index contributed by atoms with van der Waals surface area (Å²) in [5.74, 6) is -0.0260. The van der Waals surface area contributed by atoms with Crippen molar-refractivity contribution in [3.63, 3.8) is 0 Å². The van der Waals surface area contributed by atoms with E-state index >= 15 is 0 Å². The van der Waals surface area contributed by atoms with Gasteiger partial charge in [0.1, 0.15) is 0 Å². The predicted octanol–water partition coefficient (Wildman–Crippen LogP) is 3.87. The summed E-state index contributed by atoms with van der Waals surface area (Å²) in [6, 6.07) is 2.15. The quantitative estimate of drug-likeness (QED) is 0.858. The van der Waals surface area contributed by atoms with E-state index in [4.69, 9.17) is 0 Å². The van der Waals surface area contributed by atoms with Gasteiger partial charge in [0.25, 0.3) is 5.91 Å². The van der Waals surface area contributed by atoms with Crippen molar-refractivity contribution in [3.8, 4) is 11.3 Å². The Morgan fingerprint density at radius 1 is 1.33 bits per heavy atom. The third-order valence-electron chi connectivity index (χ3n) is 5.08. The average molecular weight is 341 g/mol. The first-order valence-electron chi connectivity index (χ1n) is 8.83. The highest BCUT2D eigenvalue weighted by Gasteiger charge is 2.27. The van der Waals surface area contributed by atoms with Crippen LogP contribution in [0.15, 0.2) is 23.1 Å². The summed E-state index contributed by atoms with van der Waals surface area (Å²) in [6.07, 6.45) is 10.2. The van der Waals surface area contributed by atoms with Crippen LogP contribution in [0.25, 0.3) is 11.3 Å². The van der Waals surface area contributed by atoms with Crippen molar-refractivity contribution in [2.75, 3.05) is 6.54 Å². The molecule has 2 aliphatic rings. The zero-order chi connectivity index (χ0) is 16.5. The van der Waals surface area contributed by atoms with E-state index in [9.17, 15) is 4.79 Å². The summed E-state index contributed by atoms with van der Waals surface area (Å²) in [6.45, 7) is 0.708. The molecule has 0 atom stereocenters. The summed E-state index contributed by atoms with van der Waals surface area (Å²) in [5.41, 5.74) is 5.59. The lowest BCUT2D eigenvalue weighted by molar-refractivity contribution is 0.0947. The van der Waals surface area contributed by atoms with Gasteiger partial charge in [-0.05, 0) is 56.4 Å². The van der Waals surface area contributed by atoms with Crippen LogP contribution >= 0.6 is 11.3 Å². The number of aromatic nitrogens is 2. The molecule has 0 radical (unpaired) electrons. The molecule has 0 saturated carbocycles. The van der Waals surface area contributed by atoms with Gasteiger partial charge in [0.2, 0.25) is 0 Å². The number of carbonyl (C=O) groups excluding carboxylic acids is 1. The molecular formula is C19H23N3OS. The van der Waals surface area contributed by atoms with Gasteiger partial charge in [0, 0.05) is 29.6 Å². The Hall–Kier alpha value is -1.88. The molecular weight excluding hydrogens is 318 g/mol. The summed E-state index contributed by atoms with van der Waals surface area (Å²) < 4.78 is 1.87. The second kappa shape index (κ2) is 6.55. The van der Waals surface area contributed by atoms with E-state index in [1.807, 2.05) is 11.7 Å². The fourth-order valence-corrected chi connectivity index (χ4v) is 4.74. The van der Waals surface area contributed by atoms with Gasteiger partial charge in [-0.3, -0.25) is 9.48 Å². The van der Waals surface area contributed by atoms with Gasteiger partial charge in [-0.25, -0.2) is 0 Å². The van der Waals surface area contributed by atoms with Gasteiger partial charge < -0.3 is 5.32 Å². The van der Waals surface area contributed by atoms with Crippen LogP contribution in [0.4, 0.5) is 0 Å². The van der Waals surface area contributed by atoms with Crippen LogP contribution in [0, 0.1) is 0 Å². The van der Waals surface area contributed by atoms with Gasteiger partial charge >= 0.3 is 0 Å². The number of nitrogens with one attached hydrogen (secondary N) is 1. The topological polar surface area (TPSA) is 46.9 Å². The van der Waals surface area contributed by atoms with Gasteiger partial charge in [0.15, 0.2) is 5.69 Å². The van der Waals surface area contributed by atoms with Crippen LogP contribution < -0.4 is 5.32 Å². The maximum absolute atomic E-state index is 12.6. The molecule has 1 amide bonds. The van der Waals surface area contributed by atoms with Crippen LogP contribution in [0.1, 0.15) is 53.0 Å². The minimum Gasteiger partial charge on any atom is -0.350 e. The molecule has 0 bridgehead atoms. The Morgan fingerprint density at radius 3 is 3.08 bits per heavy atom. The number of rotatable bonds is 4. The molecule has 0 spiro atoms. The first-order valence-corrected chi connectivity index (χ1v) is 9.70. The van der Waals surface area contributed by atoms with Crippen LogP contribution in [-0.4, -0.2) is 22.2 Å². The molecule has 0 fully saturated rings. The third kappa shape index (κ3) is 2.81. The summed E-state index contributed by atoms with van der Waals surface area (Å²) in [7, 11) is 1.94. The molecule has 0 aliphatic heterocycles. The summed E-state index contributed by atoms with van der Waals surface area (Å²) in [5, 5.41) is 9.73. The van der Waals surface area contributed by atoms with E-state index in [1.54, 1.807) is 11.3 Å². The molecule has 2 aliphatic carbocycles. The minimum absolute atomic E-state index is 0.0260. The largest absolute Gasteiger partial charge is 0.350 e. The first kappa shape index (κ1) is 15.6. The Bertz CT molecular complexity index is 800. The van der Waals surface area contributed by atoms with Gasteiger partial charge in [-0.1, -0.05) is 11.6 Å². The Labute approximate surface area is 146 Å². The lowest BCUT2D eigenvalue weighted by atomic mass is 9.94. The van der Waals surface area contributed by atoms with Crippen molar-refractivity contribution in [2.24, 2.45) is 7.05 Å². The van der Waals surface area contributed by atoms with Crippen LogP contribution in [-0.2, 0) is 19.9 Å². The van der Waals surface area contributed by atoms with Crippen molar-refractivity contribution in [2.45, 2.75) is 44.9 Å². The number of carbonyl (C=O) groups is 1. The van der Waals surface area contributed by atoms with Crippen molar-refractivity contribution in [1.82, 2.24) is 15.1 Å². The van der Waals surface area contributed by atoms with Crippen LogP contribution in [0.5, 0.6) is 0 Å². The summed E-state index contributed by atoms with van der Waals surface area (Å²) >= 11 is 1.80. The molecule has 5 heteroatoms. The molecule has 0 saturated heterocycles. The lowest BCUT2D eigenvalue weighted by Gasteiger charge is -2.14. The SMILES string of the molecule is Cn1nc(C(=O)NCCC2=CCCCC2)c2c1-c1ccsc1CC2. The van der Waals surface area contributed by atoms with E-state index in [-0.39, 0.29) is 5.91 Å². The standard InChI is InChI=1S/C19H23N3OS/c1-22-18-14-10-12-24-16(14)8-7-15(18)17(21-22)19(23)20-11-9-13-5-3-2-4-6-13/h5,10,12H,2-4,6-9,11H2,1H3,(H,20,23). The number of amides is 1. The molecule has 0 unspecified atom stereocenters. The highest BCUT2D eigenvalue weighted by molar-refractivity contribution is 7.10. The molecule has 2 aromatic rings. The Balaban J connectivity index is 1.48. The van der Waals surface area contributed by atoms with E-state index in [0.29, 0.717) is 12.2 Å². The number of hydrogen-bond acceptors (Lipinski definition) is 3. The lowest BCUT2D eigenvalue weighted by Crippen LogP contribution is -2.26. The van der Waals surface area contributed by atoms with E-state index in [0.717, 1.165) is 30.5 Å². The third-order valence-corrected chi connectivity index (χ3v) is 6.06. The molecule has 0 aromatic carbocycles. The molecule has 1 N–H and O–H groups in total. The molecule has 24 heavy (non-hydrogen) atoms. The zero-order valence-corrected chi connectivity index (χ0v) is 14.9. The number of thiophene rings is 1. The molecule has 2 aromatic heterocycles. The first-order chi connectivity index (χ1) is 11.7. The Kier molecular flexibility index (Phi) is 4.27. The number of fused-ring (bicyclic) bond motifs is 3. The van der Waals surface area contributed by atoms with Gasteiger partial charge in [-0.2, -0.15) is 5.10 Å². The number of aryl methyl sites for hydroxylation is 2. The fraction of sp³-hybridized carbons (Fsp3) is 0.474. The van der Waals surface area contributed by atoms with Crippen molar-refractivity contribution in [3.05, 3.63) is 39.2 Å². The van der Waals surface area contributed by atoms with Crippen LogP contribution in [0.2, 0.25) is 0 Å². The molecule has 2 heterocycles. The van der Waals surface area contributed by atoms with Crippen molar-refractivity contribution in [1.29, 1.82) is 0 Å². The van der Waals surface area contributed by atoms with E-state index in [2.05, 4.69) is 27.9 Å². The Morgan fingerprint density at radius 2 is 2.25 bits per heavy atom. The number of hydrogen-bond donors (Lipinski definition) is 1. The van der Waals surface area contributed by atoms with Gasteiger partial charge in [0.05, 0.1) is 5.69 Å². The fourth-order valence-electron chi connectivity index (χ4n) is 3.86. The number of allylic oxidation sites excluding steroid dienone is 1. The number of nitrogens with zero attached hydrogens (tertiary/aromatic N) is 2. The van der Waals surface area contributed by atoms with Gasteiger partial charge in [-0.15, -0.1) is 11.3 Å². The second-order valence-electron chi connectivity index (χ2n) is 6.67. The van der Waals surface area contributed by atoms with Crippen LogP contribution in [0.3, 0.4) is 0 Å². The average Bonchev–Trinajstić information content (AvgIpc) is 3.20.